The van der Waals surface area contributed by atoms with Crippen LogP contribution in [0.2, 0.25) is 0 Å². The van der Waals surface area contributed by atoms with E-state index in [2.05, 4.69) is 43.2 Å². The topological polar surface area (TPSA) is 66.1 Å². The predicted molar refractivity (Wildman–Crippen MR) is 101 cm³/mol. The number of rotatable bonds is 4. The molecule has 0 saturated heterocycles. The lowest BCUT2D eigenvalue weighted by Crippen LogP contribution is -2.38. The first-order chi connectivity index (χ1) is 12.3. The van der Waals surface area contributed by atoms with Crippen LogP contribution < -0.4 is 10.0 Å². The number of nitrogens with one attached hydrogen (secondary N) is 1. The first-order valence-corrected chi connectivity index (χ1v) is 9.26. The molecule has 0 aliphatic heterocycles. The van der Waals surface area contributed by atoms with Crippen LogP contribution in [0.4, 0.5) is 0 Å². The van der Waals surface area contributed by atoms with Crippen molar-refractivity contribution in [2.75, 3.05) is 0 Å². The van der Waals surface area contributed by atoms with Crippen LogP contribution in [-0.2, 0) is 12.0 Å². The van der Waals surface area contributed by atoms with Gasteiger partial charge in [0, 0.05) is 27.8 Å². The number of carbonyl (C=O) groups is 1. The number of aromatic nitrogens is 2. The molecule has 1 aromatic carbocycles. The van der Waals surface area contributed by atoms with Crippen LogP contribution in [0, 0.1) is 0 Å². The average Bonchev–Trinajstić information content (AvgIpc) is 3.10. The molecular weight excluding hydrogens is 346 g/mol. The molecule has 0 aliphatic carbocycles. The van der Waals surface area contributed by atoms with Crippen LogP contribution >= 0.6 is 11.3 Å². The van der Waals surface area contributed by atoms with Gasteiger partial charge in [0.1, 0.15) is 17.2 Å². The van der Waals surface area contributed by atoms with Gasteiger partial charge in [0.05, 0.1) is 0 Å². The number of benzene rings is 1. The van der Waals surface area contributed by atoms with Crippen molar-refractivity contribution in [3.05, 3.63) is 71.0 Å². The number of hydrogen-bond donors (Lipinski definition) is 2. The SMILES string of the molecule is CC(C)(C)c1cccc(-c2nc(C(=O)NCc3cccc[n+]3O)cs2)c1. The third kappa shape index (κ3) is 4.08. The molecule has 3 rings (SSSR count). The van der Waals surface area contributed by atoms with E-state index in [4.69, 9.17) is 0 Å². The van der Waals surface area contributed by atoms with Crippen molar-refractivity contribution in [3.63, 3.8) is 0 Å². The van der Waals surface area contributed by atoms with Crippen LogP contribution in [-0.4, -0.2) is 16.1 Å². The van der Waals surface area contributed by atoms with Crippen molar-refractivity contribution >= 4 is 17.2 Å². The summed E-state index contributed by atoms with van der Waals surface area (Å²) in [4.78, 5) is 16.8. The van der Waals surface area contributed by atoms with Gasteiger partial charge in [0.15, 0.2) is 0 Å². The maximum Gasteiger partial charge on any atom is 0.271 e. The van der Waals surface area contributed by atoms with E-state index in [0.29, 0.717) is 11.4 Å². The maximum atomic E-state index is 12.3. The molecule has 0 fully saturated rings. The van der Waals surface area contributed by atoms with Gasteiger partial charge in [-0.05, 0) is 23.1 Å². The van der Waals surface area contributed by atoms with Crippen LogP contribution in [0.25, 0.3) is 10.6 Å². The zero-order valence-electron chi connectivity index (χ0n) is 15.1. The third-order valence-corrected chi connectivity index (χ3v) is 4.96. The Balaban J connectivity index is 1.73. The molecule has 0 bridgehead atoms. The Labute approximate surface area is 156 Å². The van der Waals surface area contributed by atoms with Gasteiger partial charge in [-0.2, -0.15) is 0 Å². The fourth-order valence-corrected chi connectivity index (χ4v) is 3.30. The van der Waals surface area contributed by atoms with Crippen LogP contribution in [0.1, 0.15) is 42.5 Å². The van der Waals surface area contributed by atoms with Crippen molar-refractivity contribution in [1.29, 1.82) is 0 Å². The van der Waals surface area contributed by atoms with E-state index < -0.39 is 0 Å². The van der Waals surface area contributed by atoms with Crippen molar-refractivity contribution in [1.82, 2.24) is 10.3 Å². The summed E-state index contributed by atoms with van der Waals surface area (Å²) in [6.45, 7) is 6.74. The van der Waals surface area contributed by atoms with E-state index >= 15 is 0 Å². The van der Waals surface area contributed by atoms with E-state index in [1.807, 2.05) is 12.1 Å². The molecule has 6 heteroatoms. The highest BCUT2D eigenvalue weighted by Crippen LogP contribution is 2.29. The Bertz CT molecular complexity index is 929. The summed E-state index contributed by atoms with van der Waals surface area (Å²) in [7, 11) is 0. The molecule has 2 heterocycles. The lowest BCUT2D eigenvalue weighted by Gasteiger charge is -2.19. The number of carbonyl (C=O) groups excluding carboxylic acids is 1. The van der Waals surface area contributed by atoms with Gasteiger partial charge in [-0.1, -0.05) is 39.0 Å². The van der Waals surface area contributed by atoms with Gasteiger partial charge in [0.25, 0.3) is 11.6 Å². The first-order valence-electron chi connectivity index (χ1n) is 8.38. The molecule has 0 radical (unpaired) electrons. The number of amides is 1. The quantitative estimate of drug-likeness (QED) is 0.547. The predicted octanol–water partition coefficient (Wildman–Crippen LogP) is 3.56. The molecule has 0 unspecified atom stereocenters. The van der Waals surface area contributed by atoms with E-state index in [9.17, 15) is 10.0 Å². The minimum atomic E-state index is -0.261. The molecule has 0 spiro atoms. The summed E-state index contributed by atoms with van der Waals surface area (Å²) in [5.41, 5.74) is 3.27. The average molecular weight is 368 g/mol. The zero-order valence-corrected chi connectivity index (χ0v) is 15.9. The van der Waals surface area contributed by atoms with Crippen molar-refractivity contribution in [2.45, 2.75) is 32.7 Å². The molecule has 26 heavy (non-hydrogen) atoms. The van der Waals surface area contributed by atoms with Gasteiger partial charge in [0.2, 0.25) is 6.20 Å². The minimum Gasteiger partial charge on any atom is -0.340 e. The smallest absolute Gasteiger partial charge is 0.271 e. The van der Waals surface area contributed by atoms with Crippen molar-refractivity contribution in [2.24, 2.45) is 0 Å². The summed E-state index contributed by atoms with van der Waals surface area (Å²) >= 11 is 1.45. The van der Waals surface area contributed by atoms with Crippen molar-refractivity contribution < 1.29 is 14.7 Å². The molecule has 1 amide bonds. The van der Waals surface area contributed by atoms with Crippen LogP contribution in [0.5, 0.6) is 0 Å². The summed E-state index contributed by atoms with van der Waals surface area (Å²) in [5, 5.41) is 15.0. The molecular formula is C20H22N3O2S+. The summed E-state index contributed by atoms with van der Waals surface area (Å²) in [5.74, 6) is -0.261. The third-order valence-electron chi connectivity index (χ3n) is 4.06. The highest BCUT2D eigenvalue weighted by Gasteiger charge is 2.17. The Morgan fingerprint density at radius 2 is 2.04 bits per heavy atom. The number of nitrogens with zero attached hydrogens (tertiary/aromatic N) is 2. The van der Waals surface area contributed by atoms with E-state index in [-0.39, 0.29) is 17.9 Å². The Morgan fingerprint density at radius 3 is 2.77 bits per heavy atom. The highest BCUT2D eigenvalue weighted by molar-refractivity contribution is 7.13. The summed E-state index contributed by atoms with van der Waals surface area (Å²) in [6.07, 6.45) is 1.52. The Kier molecular flexibility index (Phi) is 5.04. The second-order valence-corrected chi connectivity index (χ2v) is 7.95. The lowest BCUT2D eigenvalue weighted by molar-refractivity contribution is -0.909. The fraction of sp³-hybridized carbons (Fsp3) is 0.250. The first kappa shape index (κ1) is 18.1. The van der Waals surface area contributed by atoms with E-state index in [1.165, 1.54) is 23.1 Å². The van der Waals surface area contributed by atoms with Gasteiger partial charge >= 0.3 is 0 Å². The Morgan fingerprint density at radius 1 is 1.23 bits per heavy atom. The van der Waals surface area contributed by atoms with Crippen LogP contribution in [0.15, 0.2) is 54.0 Å². The van der Waals surface area contributed by atoms with Gasteiger partial charge in [-0.25, -0.2) is 4.98 Å². The summed E-state index contributed by atoms with van der Waals surface area (Å²) < 4.78 is 0.991. The second kappa shape index (κ2) is 7.25. The lowest BCUT2D eigenvalue weighted by atomic mass is 9.86. The summed E-state index contributed by atoms with van der Waals surface area (Å²) in [6, 6.07) is 13.5. The van der Waals surface area contributed by atoms with E-state index in [0.717, 1.165) is 15.3 Å². The van der Waals surface area contributed by atoms with Gasteiger partial charge in [-0.3, -0.25) is 10.0 Å². The largest absolute Gasteiger partial charge is 0.340 e. The monoisotopic (exact) mass is 368 g/mol. The molecule has 2 N–H and O–H groups in total. The molecule has 0 atom stereocenters. The second-order valence-electron chi connectivity index (χ2n) is 7.09. The van der Waals surface area contributed by atoms with Crippen molar-refractivity contribution in [3.8, 4) is 10.6 Å². The van der Waals surface area contributed by atoms with E-state index in [1.54, 1.807) is 23.6 Å². The normalized spacial score (nSPS) is 11.3. The van der Waals surface area contributed by atoms with Gasteiger partial charge in [-0.15, -0.1) is 11.3 Å². The fourth-order valence-electron chi connectivity index (χ4n) is 2.50. The number of pyridine rings is 1. The van der Waals surface area contributed by atoms with Crippen LogP contribution in [0.3, 0.4) is 0 Å². The molecule has 134 valence electrons. The molecule has 0 saturated carbocycles. The number of hydrogen-bond acceptors (Lipinski definition) is 4. The maximum absolute atomic E-state index is 12.3. The molecule has 0 aliphatic rings. The minimum absolute atomic E-state index is 0.0584. The number of thiazole rings is 1. The molecule has 2 aromatic heterocycles. The molecule has 5 nitrogen and oxygen atoms in total. The Hall–Kier alpha value is -2.73. The zero-order chi connectivity index (χ0) is 18.7. The highest BCUT2D eigenvalue weighted by atomic mass is 32.1. The van der Waals surface area contributed by atoms with Gasteiger partial charge < -0.3 is 5.32 Å². The standard InChI is InChI=1S/C20H21N3O2S/c1-20(2,3)15-8-6-7-14(11-15)19-22-17(13-26-19)18(24)21-12-16-9-4-5-10-23(16)25/h4-11,13H,12H2,1-3H3,(H-,21,24,25)/p+1. The molecule has 3 aromatic rings.